The van der Waals surface area contributed by atoms with E-state index in [0.717, 1.165) is 23.8 Å². The van der Waals surface area contributed by atoms with Crippen molar-refractivity contribution in [3.63, 3.8) is 0 Å². The second kappa shape index (κ2) is 4.24. The van der Waals surface area contributed by atoms with Crippen LogP contribution in [-0.4, -0.2) is 5.88 Å². The summed E-state index contributed by atoms with van der Waals surface area (Å²) < 4.78 is 14.1. The minimum Gasteiger partial charge on any atom is -0.206 e. The number of hydrogen-bond acceptors (Lipinski definition) is 0. The van der Waals surface area contributed by atoms with Gasteiger partial charge in [-0.2, -0.15) is 0 Å². The van der Waals surface area contributed by atoms with Crippen LogP contribution in [0, 0.1) is 23.1 Å². The Bertz CT molecular complexity index is 436. The summed E-state index contributed by atoms with van der Waals surface area (Å²) in [5.41, 5.74) is 1.28. The van der Waals surface area contributed by atoms with Crippen molar-refractivity contribution < 1.29 is 4.39 Å². The van der Waals surface area contributed by atoms with Crippen molar-refractivity contribution in [1.82, 2.24) is 0 Å². The number of hydrogen-bond donors (Lipinski definition) is 0. The molecule has 0 N–H and O–H groups in total. The zero-order chi connectivity index (χ0) is 12.0. The first kappa shape index (κ1) is 12.0. The van der Waals surface area contributed by atoms with E-state index in [1.807, 2.05) is 6.07 Å². The Morgan fingerprint density at radius 1 is 1.35 bits per heavy atom. The van der Waals surface area contributed by atoms with Crippen molar-refractivity contribution in [3.8, 4) is 0 Å². The minimum atomic E-state index is -0.171. The van der Waals surface area contributed by atoms with Crippen LogP contribution in [0.3, 0.4) is 0 Å². The van der Waals surface area contributed by atoms with Crippen molar-refractivity contribution in [1.29, 1.82) is 0 Å². The van der Waals surface area contributed by atoms with Crippen molar-refractivity contribution in [3.05, 3.63) is 34.1 Å². The van der Waals surface area contributed by atoms with Crippen LogP contribution in [0.25, 0.3) is 0 Å². The molecule has 17 heavy (non-hydrogen) atoms. The molecule has 0 heterocycles. The van der Waals surface area contributed by atoms with Gasteiger partial charge in [0.25, 0.3) is 0 Å². The molecule has 2 aliphatic carbocycles. The summed E-state index contributed by atoms with van der Waals surface area (Å²) >= 11 is 9.53. The highest BCUT2D eigenvalue weighted by atomic mass is 79.9. The predicted molar refractivity (Wildman–Crippen MR) is 71.8 cm³/mol. The molecule has 0 nitrogen and oxygen atoms in total. The quantitative estimate of drug-likeness (QED) is 0.703. The first-order chi connectivity index (χ1) is 8.13. The van der Waals surface area contributed by atoms with Gasteiger partial charge in [-0.3, -0.25) is 0 Å². The lowest BCUT2D eigenvalue weighted by Crippen LogP contribution is -2.24. The van der Waals surface area contributed by atoms with Crippen LogP contribution < -0.4 is 0 Å². The highest BCUT2D eigenvalue weighted by Crippen LogP contribution is 2.61. The van der Waals surface area contributed by atoms with E-state index in [2.05, 4.69) is 15.9 Å². The number of benzene rings is 1. The second-order valence-electron chi connectivity index (χ2n) is 5.69. The summed E-state index contributed by atoms with van der Waals surface area (Å²) in [6.07, 6.45) is 4.75. The molecule has 0 saturated heterocycles. The van der Waals surface area contributed by atoms with Gasteiger partial charge in [0.05, 0.1) is 4.47 Å². The van der Waals surface area contributed by atoms with Crippen LogP contribution in [0.15, 0.2) is 22.7 Å². The average molecular weight is 318 g/mol. The summed E-state index contributed by atoms with van der Waals surface area (Å²) in [6.45, 7) is 0. The van der Waals surface area contributed by atoms with E-state index in [1.165, 1.54) is 25.3 Å². The Hall–Kier alpha value is -0.0800. The molecule has 2 saturated carbocycles. The van der Waals surface area contributed by atoms with E-state index in [1.54, 1.807) is 6.07 Å². The zero-order valence-electron chi connectivity index (χ0n) is 9.56. The SMILES string of the molecule is Fc1cccc(CC2(CCl)CC3CC3C2)c1Br. The maximum absolute atomic E-state index is 13.5. The van der Waals surface area contributed by atoms with Gasteiger partial charge >= 0.3 is 0 Å². The maximum atomic E-state index is 13.5. The van der Waals surface area contributed by atoms with Crippen molar-refractivity contribution >= 4 is 27.5 Å². The lowest BCUT2D eigenvalue weighted by molar-refractivity contribution is 0.302. The Labute approximate surface area is 115 Å². The summed E-state index contributed by atoms with van der Waals surface area (Å²) in [5, 5.41) is 0. The van der Waals surface area contributed by atoms with E-state index < -0.39 is 0 Å². The number of fused-ring (bicyclic) bond motifs is 1. The Morgan fingerprint density at radius 3 is 2.71 bits per heavy atom. The second-order valence-corrected chi connectivity index (χ2v) is 6.75. The molecule has 92 valence electrons. The van der Waals surface area contributed by atoms with Crippen LogP contribution in [0.2, 0.25) is 0 Å². The highest BCUT2D eigenvalue weighted by molar-refractivity contribution is 9.10. The average Bonchev–Trinajstić information content (AvgIpc) is 2.94. The van der Waals surface area contributed by atoms with Gasteiger partial charge in [0.1, 0.15) is 5.82 Å². The molecule has 2 fully saturated rings. The van der Waals surface area contributed by atoms with Crippen molar-refractivity contribution in [2.75, 3.05) is 5.88 Å². The van der Waals surface area contributed by atoms with Gasteiger partial charge in [0, 0.05) is 5.88 Å². The molecule has 1 aromatic rings. The van der Waals surface area contributed by atoms with Gasteiger partial charge < -0.3 is 0 Å². The third-order valence-corrected chi connectivity index (χ3v) is 5.79. The van der Waals surface area contributed by atoms with Gasteiger partial charge in [-0.1, -0.05) is 12.1 Å². The van der Waals surface area contributed by atoms with E-state index in [9.17, 15) is 4.39 Å². The van der Waals surface area contributed by atoms with Crippen LogP contribution in [0.1, 0.15) is 24.8 Å². The summed E-state index contributed by atoms with van der Waals surface area (Å²) in [5.74, 6) is 2.33. The van der Waals surface area contributed by atoms with Crippen LogP contribution in [0.4, 0.5) is 4.39 Å². The van der Waals surface area contributed by atoms with Crippen molar-refractivity contribution in [2.45, 2.75) is 25.7 Å². The molecule has 1 aromatic carbocycles. The fraction of sp³-hybridized carbons (Fsp3) is 0.571. The topological polar surface area (TPSA) is 0 Å². The largest absolute Gasteiger partial charge is 0.206 e. The van der Waals surface area contributed by atoms with E-state index >= 15 is 0 Å². The van der Waals surface area contributed by atoms with E-state index in [0.29, 0.717) is 10.4 Å². The fourth-order valence-electron chi connectivity index (χ4n) is 3.40. The molecular formula is C14H15BrClF. The number of rotatable bonds is 3. The maximum Gasteiger partial charge on any atom is 0.137 e. The fourth-order valence-corrected chi connectivity index (χ4v) is 4.11. The molecule has 0 aromatic heterocycles. The van der Waals surface area contributed by atoms with Gasteiger partial charge in [0.2, 0.25) is 0 Å². The zero-order valence-corrected chi connectivity index (χ0v) is 11.9. The first-order valence-electron chi connectivity index (χ1n) is 6.12. The monoisotopic (exact) mass is 316 g/mol. The molecule has 3 heteroatoms. The summed E-state index contributed by atoms with van der Waals surface area (Å²) in [7, 11) is 0. The van der Waals surface area contributed by atoms with Gasteiger partial charge in [-0.25, -0.2) is 4.39 Å². The Kier molecular flexibility index (Phi) is 2.99. The van der Waals surface area contributed by atoms with E-state index in [4.69, 9.17) is 11.6 Å². The molecule has 0 amide bonds. The first-order valence-corrected chi connectivity index (χ1v) is 7.45. The molecule has 0 radical (unpaired) electrons. The minimum absolute atomic E-state index is 0.171. The standard InChI is InChI=1S/C14H15BrClF/c15-13-9(2-1-3-12(13)17)5-14(8-16)6-10-4-11(10)7-14/h1-3,10-11H,4-8H2. The van der Waals surface area contributed by atoms with Gasteiger partial charge in [-0.05, 0) is 70.5 Å². The Balaban J connectivity index is 1.83. The normalized spacial score (nSPS) is 34.8. The van der Waals surface area contributed by atoms with Crippen molar-refractivity contribution in [2.24, 2.45) is 17.3 Å². The molecule has 3 rings (SSSR count). The third kappa shape index (κ3) is 2.15. The molecule has 2 aliphatic rings. The number of halogens is 3. The van der Waals surface area contributed by atoms with Crippen LogP contribution >= 0.6 is 27.5 Å². The molecule has 0 bridgehead atoms. The van der Waals surface area contributed by atoms with Gasteiger partial charge in [0.15, 0.2) is 0 Å². The predicted octanol–water partition coefficient (Wildman–Crippen LogP) is 4.79. The summed E-state index contributed by atoms with van der Waals surface area (Å²) in [4.78, 5) is 0. The molecule has 2 unspecified atom stereocenters. The van der Waals surface area contributed by atoms with Crippen LogP contribution in [-0.2, 0) is 6.42 Å². The molecule has 0 aliphatic heterocycles. The Morgan fingerprint density at radius 2 is 2.06 bits per heavy atom. The number of alkyl halides is 1. The van der Waals surface area contributed by atoms with E-state index in [-0.39, 0.29) is 11.2 Å². The third-order valence-electron chi connectivity index (χ3n) is 4.34. The van der Waals surface area contributed by atoms with Gasteiger partial charge in [-0.15, -0.1) is 11.6 Å². The van der Waals surface area contributed by atoms with Crippen LogP contribution in [0.5, 0.6) is 0 Å². The highest BCUT2D eigenvalue weighted by Gasteiger charge is 2.53. The summed E-state index contributed by atoms with van der Waals surface area (Å²) in [6, 6.07) is 5.28. The molecule has 2 atom stereocenters. The smallest absolute Gasteiger partial charge is 0.137 e. The lowest BCUT2D eigenvalue weighted by atomic mass is 9.79. The lowest BCUT2D eigenvalue weighted by Gasteiger charge is -2.29. The molecule has 0 spiro atoms. The molecular weight excluding hydrogens is 303 g/mol.